The molecule has 0 bridgehead atoms. The van der Waals surface area contributed by atoms with Crippen molar-refractivity contribution < 1.29 is 30.9 Å². The largest absolute Gasteiger partial charge is 0.741 e. The van der Waals surface area contributed by atoms with E-state index in [2.05, 4.69) is 36.4 Å². The number of alkyl halides is 3. The van der Waals surface area contributed by atoms with Crippen LogP contribution in [0.25, 0.3) is 10.8 Å². The molecule has 3 rings (SSSR count). The molecule has 0 aromatic heterocycles. The molecule has 0 atom stereocenters. The first kappa shape index (κ1) is 20.9. The lowest BCUT2D eigenvalue weighted by Gasteiger charge is -2.08. The molecule has 9 heteroatoms. The van der Waals surface area contributed by atoms with Gasteiger partial charge in [-0.1, -0.05) is 18.2 Å². The third kappa shape index (κ3) is 5.28. The lowest BCUT2D eigenvalue weighted by atomic mass is 10.1. The highest BCUT2D eigenvalue weighted by Gasteiger charge is 2.36. The molecule has 144 valence electrons. The first-order chi connectivity index (χ1) is 12.1. The van der Waals surface area contributed by atoms with E-state index in [0.29, 0.717) is 10.9 Å². The fraction of sp³-hybridized carbons (Fsp3) is 0.412. The number of hydrogen-bond donors (Lipinski definition) is 0. The molecule has 2 aromatic carbocycles. The smallest absolute Gasteiger partial charge is 0.485 e. The monoisotopic (exact) mass is 408 g/mol. The summed E-state index contributed by atoms with van der Waals surface area (Å²) in [6.45, 7) is 2.77. The number of rotatable bonds is 3. The van der Waals surface area contributed by atoms with Crippen molar-refractivity contribution in [2.75, 3.05) is 18.1 Å². The van der Waals surface area contributed by atoms with Gasteiger partial charge in [-0.2, -0.15) is 13.2 Å². The third-order valence-electron chi connectivity index (χ3n) is 3.75. The Labute approximate surface area is 153 Å². The highest BCUT2D eigenvalue weighted by molar-refractivity contribution is 7.97. The van der Waals surface area contributed by atoms with E-state index in [1.54, 1.807) is 4.90 Å². The van der Waals surface area contributed by atoms with E-state index >= 15 is 0 Å². The molecule has 1 saturated heterocycles. The van der Waals surface area contributed by atoms with Crippen LogP contribution in [0.4, 0.5) is 13.2 Å². The van der Waals surface area contributed by atoms with Gasteiger partial charge in [0, 0.05) is 16.3 Å². The summed E-state index contributed by atoms with van der Waals surface area (Å²) >= 11 is 0. The third-order valence-corrected chi connectivity index (χ3v) is 6.86. The Morgan fingerprint density at radius 3 is 2.31 bits per heavy atom. The molecule has 1 aliphatic rings. The molecular weight excluding hydrogens is 389 g/mol. The highest BCUT2D eigenvalue weighted by atomic mass is 32.2. The van der Waals surface area contributed by atoms with Gasteiger partial charge in [-0.25, -0.2) is 8.42 Å². The fourth-order valence-electron chi connectivity index (χ4n) is 2.61. The molecule has 0 radical (unpaired) electrons. The second kappa shape index (κ2) is 8.49. The van der Waals surface area contributed by atoms with Gasteiger partial charge in [0.2, 0.25) is 0 Å². The minimum absolute atomic E-state index is 0.467. The van der Waals surface area contributed by atoms with Gasteiger partial charge in [-0.05, 0) is 43.4 Å². The molecule has 0 N–H and O–H groups in total. The van der Waals surface area contributed by atoms with Crippen molar-refractivity contribution in [2.45, 2.75) is 30.2 Å². The van der Waals surface area contributed by atoms with Gasteiger partial charge in [0.15, 0.2) is 15.0 Å². The zero-order valence-electron chi connectivity index (χ0n) is 14.1. The standard InChI is InChI=1S/C16H19OS.CHF3O3S/c1-2-17-14-9-8-13-6-5-7-16(15(13)12-14)18-10-3-4-11-18;2-1(3,4)8(5,6)7/h5-9,12H,2-4,10-11H2,1H3;(H,5,6,7)/q+1;/p-1. The van der Waals surface area contributed by atoms with E-state index in [-0.39, 0.29) is 0 Å². The maximum absolute atomic E-state index is 10.7. The molecule has 0 saturated carbocycles. The second-order valence-corrected chi connectivity index (χ2v) is 9.19. The van der Waals surface area contributed by atoms with Crippen LogP contribution in [0.15, 0.2) is 41.3 Å². The SMILES string of the molecule is CCOc1ccc2cccc([S+]3CCCC3)c2c1.O=S(=O)([O-])C(F)(F)F. The average Bonchev–Trinajstić information content (AvgIpc) is 3.07. The maximum Gasteiger partial charge on any atom is 0.485 e. The summed E-state index contributed by atoms with van der Waals surface area (Å²) in [5.41, 5.74) is -5.65. The lowest BCUT2D eigenvalue weighted by molar-refractivity contribution is -0.0517. The van der Waals surface area contributed by atoms with E-state index in [1.165, 1.54) is 35.1 Å². The fourth-order valence-corrected chi connectivity index (χ4v) is 5.11. The molecule has 0 aliphatic carbocycles. The predicted molar refractivity (Wildman–Crippen MR) is 95.5 cm³/mol. The number of hydrogen-bond acceptors (Lipinski definition) is 4. The number of ether oxygens (including phenoxy) is 1. The van der Waals surface area contributed by atoms with Crippen molar-refractivity contribution in [3.63, 3.8) is 0 Å². The van der Waals surface area contributed by atoms with Crippen molar-refractivity contribution in [1.29, 1.82) is 0 Å². The lowest BCUT2D eigenvalue weighted by Crippen LogP contribution is -2.21. The van der Waals surface area contributed by atoms with Crippen LogP contribution < -0.4 is 4.74 Å². The summed E-state index contributed by atoms with van der Waals surface area (Å²) in [6, 6.07) is 13.2. The minimum Gasteiger partial charge on any atom is -0.741 e. The maximum atomic E-state index is 10.7. The van der Waals surface area contributed by atoms with Crippen molar-refractivity contribution in [3.05, 3.63) is 36.4 Å². The molecule has 0 unspecified atom stereocenters. The molecule has 1 aliphatic heterocycles. The Morgan fingerprint density at radius 1 is 1.15 bits per heavy atom. The van der Waals surface area contributed by atoms with Gasteiger partial charge in [-0.3, -0.25) is 0 Å². The van der Waals surface area contributed by atoms with Gasteiger partial charge >= 0.3 is 5.51 Å². The van der Waals surface area contributed by atoms with E-state index in [4.69, 9.17) is 17.7 Å². The highest BCUT2D eigenvalue weighted by Crippen LogP contribution is 2.31. The van der Waals surface area contributed by atoms with E-state index in [1.807, 2.05) is 6.92 Å². The summed E-state index contributed by atoms with van der Waals surface area (Å²) in [7, 11) is -5.62. The normalized spacial score (nSPS) is 15.6. The average molecular weight is 408 g/mol. The van der Waals surface area contributed by atoms with Crippen LogP contribution in [0.5, 0.6) is 5.75 Å². The molecule has 4 nitrogen and oxygen atoms in total. The quantitative estimate of drug-likeness (QED) is 0.436. The number of fused-ring (bicyclic) bond motifs is 1. The van der Waals surface area contributed by atoms with Crippen LogP contribution in [0.1, 0.15) is 19.8 Å². The van der Waals surface area contributed by atoms with E-state index in [0.717, 1.165) is 12.4 Å². The summed E-state index contributed by atoms with van der Waals surface area (Å²) < 4.78 is 64.5. The van der Waals surface area contributed by atoms with Crippen LogP contribution in [-0.4, -0.2) is 36.6 Å². The number of benzene rings is 2. The Bertz CT molecular complexity index is 845. The van der Waals surface area contributed by atoms with Crippen molar-refractivity contribution in [1.82, 2.24) is 0 Å². The summed E-state index contributed by atoms with van der Waals surface area (Å²) in [6.07, 6.45) is 2.79. The molecule has 26 heavy (non-hydrogen) atoms. The molecule has 0 spiro atoms. The first-order valence-electron chi connectivity index (χ1n) is 7.98. The Hall–Kier alpha value is -1.45. The van der Waals surface area contributed by atoms with Gasteiger partial charge < -0.3 is 9.29 Å². The summed E-state index contributed by atoms with van der Waals surface area (Å²) in [5, 5.41) is 2.74. The first-order valence-corrected chi connectivity index (χ1v) is 11.0. The zero-order valence-corrected chi connectivity index (χ0v) is 15.7. The Morgan fingerprint density at radius 2 is 1.77 bits per heavy atom. The van der Waals surface area contributed by atoms with Gasteiger partial charge in [0.1, 0.15) is 17.3 Å². The molecular formula is C17H19F3O4S2. The molecule has 1 fully saturated rings. The van der Waals surface area contributed by atoms with Crippen LogP contribution in [0.2, 0.25) is 0 Å². The summed E-state index contributed by atoms with van der Waals surface area (Å²) in [5.74, 6) is 3.75. The minimum atomic E-state index is -6.09. The van der Waals surface area contributed by atoms with Crippen LogP contribution in [0.3, 0.4) is 0 Å². The molecule has 1 heterocycles. The second-order valence-electron chi connectivity index (χ2n) is 5.58. The van der Waals surface area contributed by atoms with Crippen molar-refractivity contribution in [2.24, 2.45) is 0 Å². The van der Waals surface area contributed by atoms with Gasteiger partial charge in [-0.15, -0.1) is 0 Å². The van der Waals surface area contributed by atoms with E-state index < -0.39 is 15.6 Å². The zero-order chi connectivity index (χ0) is 19.4. The summed E-state index contributed by atoms with van der Waals surface area (Å²) in [4.78, 5) is 1.55. The van der Waals surface area contributed by atoms with Crippen molar-refractivity contribution >= 4 is 31.8 Å². The molecule has 2 aromatic rings. The van der Waals surface area contributed by atoms with Crippen molar-refractivity contribution in [3.8, 4) is 5.75 Å². The Balaban J connectivity index is 0.000000260. The van der Waals surface area contributed by atoms with Crippen LogP contribution in [-0.2, 0) is 21.0 Å². The molecule has 0 amide bonds. The van der Waals surface area contributed by atoms with Crippen LogP contribution in [0, 0.1) is 0 Å². The van der Waals surface area contributed by atoms with Crippen LogP contribution >= 0.6 is 0 Å². The topological polar surface area (TPSA) is 66.4 Å². The number of halogens is 3. The van der Waals surface area contributed by atoms with Gasteiger partial charge in [0.05, 0.1) is 6.61 Å². The van der Waals surface area contributed by atoms with E-state index in [9.17, 15) is 13.2 Å². The predicted octanol–water partition coefficient (Wildman–Crippen LogP) is 4.06. The Kier molecular flexibility index (Phi) is 6.81. The van der Waals surface area contributed by atoms with Gasteiger partial charge in [0.25, 0.3) is 0 Å².